The number of benzene rings is 3. The molecule has 1 amide bonds. The van der Waals surface area contributed by atoms with Crippen LogP contribution >= 0.6 is 0 Å². The molecule has 0 saturated heterocycles. The van der Waals surface area contributed by atoms with Crippen molar-refractivity contribution in [3.8, 4) is 5.75 Å². The fraction of sp³-hybridized carbons (Fsp3) is 0.276. The SMILES string of the molecule is Cc1ccc(N(CC(=O)N/N=C/c2ccc(OCC(=O)OC(C)(C)C)cc2)S(=O)(=O)c2ccccc2)c(C)c1. The van der Waals surface area contributed by atoms with E-state index in [0.29, 0.717) is 17.0 Å². The highest BCUT2D eigenvalue weighted by Crippen LogP contribution is 2.27. The maximum absolute atomic E-state index is 13.5. The van der Waals surface area contributed by atoms with Crippen LogP contribution < -0.4 is 14.5 Å². The zero-order valence-electron chi connectivity index (χ0n) is 22.7. The molecule has 0 radical (unpaired) electrons. The Morgan fingerprint density at radius 1 is 0.974 bits per heavy atom. The van der Waals surface area contributed by atoms with Crippen molar-refractivity contribution in [2.75, 3.05) is 17.5 Å². The third kappa shape index (κ3) is 8.68. The van der Waals surface area contributed by atoms with E-state index in [1.165, 1.54) is 18.3 Å². The van der Waals surface area contributed by atoms with Gasteiger partial charge in [-0.1, -0.05) is 35.9 Å². The fourth-order valence-corrected chi connectivity index (χ4v) is 5.12. The van der Waals surface area contributed by atoms with E-state index in [2.05, 4.69) is 10.5 Å². The highest BCUT2D eigenvalue weighted by molar-refractivity contribution is 7.92. The molecule has 0 aliphatic heterocycles. The molecule has 0 saturated carbocycles. The lowest BCUT2D eigenvalue weighted by molar-refractivity contribution is -0.157. The zero-order chi connectivity index (χ0) is 28.6. The minimum atomic E-state index is -4.01. The number of carbonyl (C=O) groups excluding carboxylic acids is 2. The predicted molar refractivity (Wildman–Crippen MR) is 150 cm³/mol. The summed E-state index contributed by atoms with van der Waals surface area (Å²) in [5.74, 6) is -0.611. The highest BCUT2D eigenvalue weighted by atomic mass is 32.2. The van der Waals surface area contributed by atoms with E-state index in [0.717, 1.165) is 15.4 Å². The van der Waals surface area contributed by atoms with Crippen molar-refractivity contribution in [1.29, 1.82) is 0 Å². The van der Waals surface area contributed by atoms with E-state index >= 15 is 0 Å². The normalized spacial score (nSPS) is 11.7. The Balaban J connectivity index is 1.66. The Hall–Kier alpha value is -4.18. The molecule has 0 aromatic heterocycles. The van der Waals surface area contributed by atoms with Gasteiger partial charge < -0.3 is 9.47 Å². The summed E-state index contributed by atoms with van der Waals surface area (Å²) in [6.07, 6.45) is 1.42. The van der Waals surface area contributed by atoms with Crippen LogP contribution in [0.3, 0.4) is 0 Å². The third-order valence-electron chi connectivity index (χ3n) is 5.30. The molecule has 206 valence electrons. The summed E-state index contributed by atoms with van der Waals surface area (Å²) < 4.78 is 38.6. The first kappa shape index (κ1) is 29.4. The minimum absolute atomic E-state index is 0.0789. The molecule has 3 rings (SSSR count). The monoisotopic (exact) mass is 551 g/mol. The molecule has 0 atom stereocenters. The Labute approximate surface area is 229 Å². The van der Waals surface area contributed by atoms with E-state index in [4.69, 9.17) is 9.47 Å². The number of nitrogens with one attached hydrogen (secondary N) is 1. The zero-order valence-corrected chi connectivity index (χ0v) is 23.5. The number of nitrogens with zero attached hydrogens (tertiary/aromatic N) is 2. The number of esters is 1. The van der Waals surface area contributed by atoms with Crippen LogP contribution in [-0.2, 0) is 24.3 Å². The van der Waals surface area contributed by atoms with Crippen LogP contribution in [0.5, 0.6) is 5.75 Å². The number of amides is 1. The van der Waals surface area contributed by atoms with Crippen LogP contribution in [0.15, 0.2) is 82.8 Å². The summed E-state index contributed by atoms with van der Waals surface area (Å²) in [6, 6.07) is 20.0. The highest BCUT2D eigenvalue weighted by Gasteiger charge is 2.28. The number of rotatable bonds is 10. The molecule has 0 fully saturated rings. The first-order valence-electron chi connectivity index (χ1n) is 12.3. The van der Waals surface area contributed by atoms with E-state index in [1.54, 1.807) is 82.3 Å². The lowest BCUT2D eigenvalue weighted by atomic mass is 10.1. The number of hydrogen-bond donors (Lipinski definition) is 1. The average molecular weight is 552 g/mol. The molecule has 39 heavy (non-hydrogen) atoms. The number of hydrazone groups is 1. The van der Waals surface area contributed by atoms with Crippen LogP contribution in [0.1, 0.15) is 37.5 Å². The van der Waals surface area contributed by atoms with Gasteiger partial charge in [-0.2, -0.15) is 5.10 Å². The van der Waals surface area contributed by atoms with E-state index in [9.17, 15) is 18.0 Å². The fourth-order valence-electron chi connectivity index (χ4n) is 3.61. The van der Waals surface area contributed by atoms with Gasteiger partial charge in [-0.25, -0.2) is 18.6 Å². The quantitative estimate of drug-likeness (QED) is 0.227. The van der Waals surface area contributed by atoms with Crippen LogP contribution in [0.4, 0.5) is 5.69 Å². The molecular formula is C29H33N3O6S. The second-order valence-electron chi connectivity index (χ2n) is 9.85. The minimum Gasteiger partial charge on any atom is -0.482 e. The van der Waals surface area contributed by atoms with Gasteiger partial charge in [0.1, 0.15) is 17.9 Å². The van der Waals surface area contributed by atoms with Crippen molar-refractivity contribution in [2.45, 2.75) is 45.1 Å². The Kier molecular flexibility index (Phi) is 9.47. The molecular weight excluding hydrogens is 518 g/mol. The topological polar surface area (TPSA) is 114 Å². The molecule has 1 N–H and O–H groups in total. The van der Waals surface area contributed by atoms with Crippen molar-refractivity contribution >= 4 is 33.8 Å². The van der Waals surface area contributed by atoms with Crippen LogP contribution in [0.2, 0.25) is 0 Å². The van der Waals surface area contributed by atoms with E-state index in [-0.39, 0.29) is 11.5 Å². The van der Waals surface area contributed by atoms with Gasteiger partial charge in [0.05, 0.1) is 16.8 Å². The van der Waals surface area contributed by atoms with Crippen molar-refractivity contribution in [2.24, 2.45) is 5.10 Å². The van der Waals surface area contributed by atoms with E-state index in [1.807, 2.05) is 13.0 Å². The van der Waals surface area contributed by atoms with Gasteiger partial charge in [-0.05, 0) is 88.2 Å². The van der Waals surface area contributed by atoms with Crippen molar-refractivity contribution in [3.05, 3.63) is 89.5 Å². The first-order valence-corrected chi connectivity index (χ1v) is 13.7. The molecule has 3 aromatic rings. The van der Waals surface area contributed by atoms with Crippen molar-refractivity contribution in [1.82, 2.24) is 5.43 Å². The predicted octanol–water partition coefficient (Wildman–Crippen LogP) is 4.37. The second kappa shape index (κ2) is 12.6. The van der Waals surface area contributed by atoms with Crippen LogP contribution in [-0.4, -0.2) is 45.3 Å². The average Bonchev–Trinajstić information content (AvgIpc) is 2.87. The maximum atomic E-state index is 13.5. The third-order valence-corrected chi connectivity index (χ3v) is 7.07. The lowest BCUT2D eigenvalue weighted by Crippen LogP contribution is -2.40. The summed E-state index contributed by atoms with van der Waals surface area (Å²) in [6.45, 7) is 8.36. The van der Waals surface area contributed by atoms with Gasteiger partial charge in [0.25, 0.3) is 15.9 Å². The Bertz CT molecular complexity index is 1430. The van der Waals surface area contributed by atoms with Gasteiger partial charge in [-0.3, -0.25) is 9.10 Å². The molecule has 3 aromatic carbocycles. The number of aryl methyl sites for hydroxylation is 2. The summed E-state index contributed by atoms with van der Waals surface area (Å²) in [5.41, 5.74) is 4.56. The second-order valence-corrected chi connectivity index (χ2v) is 11.7. The summed E-state index contributed by atoms with van der Waals surface area (Å²) in [7, 11) is -4.01. The molecule has 0 spiro atoms. The summed E-state index contributed by atoms with van der Waals surface area (Å²) in [4.78, 5) is 24.7. The molecule has 0 aliphatic rings. The van der Waals surface area contributed by atoms with E-state index < -0.39 is 34.0 Å². The molecule has 0 bridgehead atoms. The largest absolute Gasteiger partial charge is 0.482 e. The van der Waals surface area contributed by atoms with Crippen LogP contribution in [0, 0.1) is 13.8 Å². The number of anilines is 1. The Morgan fingerprint density at radius 3 is 2.26 bits per heavy atom. The van der Waals surface area contributed by atoms with Crippen molar-refractivity contribution < 1.29 is 27.5 Å². The lowest BCUT2D eigenvalue weighted by Gasteiger charge is -2.25. The summed E-state index contributed by atoms with van der Waals surface area (Å²) >= 11 is 0. The smallest absolute Gasteiger partial charge is 0.344 e. The van der Waals surface area contributed by atoms with Gasteiger partial charge in [0.2, 0.25) is 0 Å². The molecule has 10 heteroatoms. The van der Waals surface area contributed by atoms with Crippen molar-refractivity contribution in [3.63, 3.8) is 0 Å². The maximum Gasteiger partial charge on any atom is 0.344 e. The summed E-state index contributed by atoms with van der Waals surface area (Å²) in [5, 5.41) is 3.96. The number of carbonyl (C=O) groups is 2. The molecule has 0 aliphatic carbocycles. The first-order chi connectivity index (χ1) is 18.3. The number of hydrogen-bond acceptors (Lipinski definition) is 7. The Morgan fingerprint density at radius 2 is 1.64 bits per heavy atom. The van der Waals surface area contributed by atoms with Gasteiger partial charge >= 0.3 is 5.97 Å². The molecule has 9 nitrogen and oxygen atoms in total. The van der Waals surface area contributed by atoms with Gasteiger partial charge in [-0.15, -0.1) is 0 Å². The number of sulfonamides is 1. The van der Waals surface area contributed by atoms with Crippen LogP contribution in [0.25, 0.3) is 0 Å². The molecule has 0 heterocycles. The molecule has 0 unspecified atom stereocenters. The van der Waals surface area contributed by atoms with Gasteiger partial charge in [0, 0.05) is 0 Å². The standard InChI is InChI=1S/C29H33N3O6S/c1-21-11-16-26(22(2)17-21)32(39(35,36)25-9-7-6-8-10-25)19-27(33)31-30-18-23-12-14-24(15-13-23)37-20-28(34)38-29(3,4)5/h6-18H,19-20H2,1-5H3,(H,31,33)/b30-18+. The number of ether oxygens (including phenoxy) is 2. The van der Waals surface area contributed by atoms with Gasteiger partial charge in [0.15, 0.2) is 6.61 Å².